The number of hydrogen-bond acceptors (Lipinski definition) is 4. The van der Waals surface area contributed by atoms with Gasteiger partial charge in [0.25, 0.3) is 0 Å². The van der Waals surface area contributed by atoms with E-state index in [0.717, 1.165) is 0 Å². The lowest BCUT2D eigenvalue weighted by Crippen LogP contribution is -2.17. The molecule has 0 radical (unpaired) electrons. The Morgan fingerprint density at radius 2 is 2.20 bits per heavy atom. The Labute approximate surface area is 116 Å². The van der Waals surface area contributed by atoms with Crippen molar-refractivity contribution in [3.05, 3.63) is 12.4 Å². The number of nitrogens with zero attached hydrogens (tertiary/aromatic N) is 2. The van der Waals surface area contributed by atoms with E-state index in [4.69, 9.17) is 9.84 Å². The Hall–Kier alpha value is -1.89. The molecule has 1 heterocycles. The molecule has 7 heteroatoms. The monoisotopic (exact) mass is 281 g/mol. The third-order valence-corrected chi connectivity index (χ3v) is 3.80. The predicted octanol–water partition coefficient (Wildman–Crippen LogP) is 0.825. The highest BCUT2D eigenvalue weighted by molar-refractivity contribution is 5.99. The molecule has 1 saturated carbocycles. The van der Waals surface area contributed by atoms with Crippen LogP contribution < -0.4 is 5.32 Å². The van der Waals surface area contributed by atoms with Gasteiger partial charge in [-0.3, -0.25) is 14.3 Å². The van der Waals surface area contributed by atoms with Gasteiger partial charge in [-0.1, -0.05) is 13.8 Å². The van der Waals surface area contributed by atoms with Gasteiger partial charge in [-0.05, 0) is 5.41 Å². The first kappa shape index (κ1) is 14.5. The van der Waals surface area contributed by atoms with Gasteiger partial charge < -0.3 is 15.2 Å². The SMILES string of the molecule is COCCn1cc(NC(=O)C2C(C(=O)O)C2(C)C)cn1. The third kappa shape index (κ3) is 2.67. The van der Waals surface area contributed by atoms with Gasteiger partial charge in [-0.25, -0.2) is 0 Å². The molecule has 1 aliphatic rings. The summed E-state index contributed by atoms with van der Waals surface area (Å²) in [6.45, 7) is 4.71. The van der Waals surface area contributed by atoms with Gasteiger partial charge in [0.1, 0.15) is 0 Å². The minimum Gasteiger partial charge on any atom is -0.481 e. The van der Waals surface area contributed by atoms with E-state index in [9.17, 15) is 9.59 Å². The second kappa shape index (κ2) is 5.24. The van der Waals surface area contributed by atoms with E-state index in [2.05, 4.69) is 10.4 Å². The number of carboxylic acids is 1. The van der Waals surface area contributed by atoms with Crippen LogP contribution in [0, 0.1) is 17.3 Å². The predicted molar refractivity (Wildman–Crippen MR) is 71.1 cm³/mol. The molecular weight excluding hydrogens is 262 g/mol. The smallest absolute Gasteiger partial charge is 0.307 e. The van der Waals surface area contributed by atoms with Crippen molar-refractivity contribution >= 4 is 17.6 Å². The molecule has 20 heavy (non-hydrogen) atoms. The maximum absolute atomic E-state index is 12.1. The highest BCUT2D eigenvalue weighted by atomic mass is 16.5. The Morgan fingerprint density at radius 1 is 1.50 bits per heavy atom. The summed E-state index contributed by atoms with van der Waals surface area (Å²) in [5.41, 5.74) is 0.0695. The number of aliphatic carboxylic acids is 1. The van der Waals surface area contributed by atoms with Crippen LogP contribution in [-0.2, 0) is 20.9 Å². The highest BCUT2D eigenvalue weighted by Gasteiger charge is 2.65. The van der Waals surface area contributed by atoms with Crippen LogP contribution in [0.4, 0.5) is 5.69 Å². The summed E-state index contributed by atoms with van der Waals surface area (Å²) in [5.74, 6) is -2.31. The molecule has 2 unspecified atom stereocenters. The summed E-state index contributed by atoms with van der Waals surface area (Å²) in [6, 6.07) is 0. The molecule has 2 rings (SSSR count). The molecule has 1 amide bonds. The summed E-state index contributed by atoms with van der Waals surface area (Å²) in [4.78, 5) is 23.1. The molecule has 1 aromatic heterocycles. The summed E-state index contributed by atoms with van der Waals surface area (Å²) in [6.07, 6.45) is 3.24. The minimum atomic E-state index is -0.925. The van der Waals surface area contributed by atoms with Crippen LogP contribution in [0.2, 0.25) is 0 Å². The molecule has 1 aromatic rings. The highest BCUT2D eigenvalue weighted by Crippen LogP contribution is 2.58. The fourth-order valence-electron chi connectivity index (χ4n) is 2.54. The van der Waals surface area contributed by atoms with E-state index >= 15 is 0 Å². The molecule has 1 aliphatic carbocycles. The van der Waals surface area contributed by atoms with Crippen LogP contribution in [-0.4, -0.2) is 40.5 Å². The first-order valence-electron chi connectivity index (χ1n) is 6.43. The van der Waals surface area contributed by atoms with Gasteiger partial charge in [-0.15, -0.1) is 0 Å². The molecule has 7 nitrogen and oxygen atoms in total. The number of carboxylic acid groups (broad SMARTS) is 1. The fraction of sp³-hybridized carbons (Fsp3) is 0.615. The van der Waals surface area contributed by atoms with Crippen molar-refractivity contribution in [2.24, 2.45) is 17.3 Å². The van der Waals surface area contributed by atoms with Crippen molar-refractivity contribution in [3.63, 3.8) is 0 Å². The number of carbonyl (C=O) groups excluding carboxylic acids is 1. The molecule has 0 aromatic carbocycles. The van der Waals surface area contributed by atoms with Gasteiger partial charge in [0, 0.05) is 13.3 Å². The zero-order valence-electron chi connectivity index (χ0n) is 11.8. The number of nitrogens with one attached hydrogen (secondary N) is 1. The molecule has 0 aliphatic heterocycles. The van der Waals surface area contributed by atoms with Gasteiger partial charge in [0.05, 0.1) is 36.9 Å². The van der Waals surface area contributed by atoms with Crippen LogP contribution in [0.15, 0.2) is 12.4 Å². The van der Waals surface area contributed by atoms with Gasteiger partial charge in [-0.2, -0.15) is 5.10 Å². The van der Waals surface area contributed by atoms with E-state index in [-0.39, 0.29) is 5.91 Å². The Kier molecular flexibility index (Phi) is 3.80. The Bertz CT molecular complexity index is 523. The number of hydrogen-bond donors (Lipinski definition) is 2. The van der Waals surface area contributed by atoms with Crippen molar-refractivity contribution < 1.29 is 19.4 Å². The third-order valence-electron chi connectivity index (χ3n) is 3.80. The normalized spacial score (nSPS) is 23.4. The number of amides is 1. The topological polar surface area (TPSA) is 93.5 Å². The van der Waals surface area contributed by atoms with Crippen LogP contribution in [0.1, 0.15) is 13.8 Å². The van der Waals surface area contributed by atoms with E-state index in [1.165, 1.54) is 0 Å². The first-order valence-corrected chi connectivity index (χ1v) is 6.43. The van der Waals surface area contributed by atoms with Crippen LogP contribution in [0.3, 0.4) is 0 Å². The zero-order valence-corrected chi connectivity index (χ0v) is 11.8. The number of rotatable bonds is 6. The van der Waals surface area contributed by atoms with E-state index < -0.39 is 23.2 Å². The van der Waals surface area contributed by atoms with Crippen LogP contribution >= 0.6 is 0 Å². The lowest BCUT2D eigenvalue weighted by molar-refractivity contribution is -0.140. The van der Waals surface area contributed by atoms with Crippen molar-refractivity contribution in [1.82, 2.24) is 9.78 Å². The van der Waals surface area contributed by atoms with E-state index in [1.54, 1.807) is 38.0 Å². The second-order valence-corrected chi connectivity index (χ2v) is 5.59. The average Bonchev–Trinajstić information content (AvgIpc) is 2.72. The fourth-order valence-corrected chi connectivity index (χ4v) is 2.54. The standard InChI is InChI=1S/C13H19N3O4/c1-13(2)9(10(13)12(18)19)11(17)15-8-6-14-16(7-8)4-5-20-3/h6-7,9-10H,4-5H2,1-3H3,(H,15,17)(H,18,19). The zero-order chi connectivity index (χ0) is 14.9. The molecule has 0 saturated heterocycles. The summed E-state index contributed by atoms with van der Waals surface area (Å²) >= 11 is 0. The minimum absolute atomic E-state index is 0.270. The molecule has 2 N–H and O–H groups in total. The number of anilines is 1. The van der Waals surface area contributed by atoms with E-state index in [1.807, 2.05) is 0 Å². The van der Waals surface area contributed by atoms with Crippen molar-refractivity contribution in [3.8, 4) is 0 Å². The lowest BCUT2D eigenvalue weighted by Gasteiger charge is -2.03. The molecule has 110 valence electrons. The number of carbonyl (C=O) groups is 2. The quantitative estimate of drug-likeness (QED) is 0.805. The van der Waals surface area contributed by atoms with Gasteiger partial charge in [0.15, 0.2) is 0 Å². The molecular formula is C13H19N3O4. The number of methoxy groups -OCH3 is 1. The van der Waals surface area contributed by atoms with Gasteiger partial charge in [0.2, 0.25) is 5.91 Å². The molecule has 1 fully saturated rings. The Morgan fingerprint density at radius 3 is 2.75 bits per heavy atom. The summed E-state index contributed by atoms with van der Waals surface area (Å²) in [7, 11) is 1.60. The lowest BCUT2D eigenvalue weighted by atomic mass is 10.1. The Balaban J connectivity index is 1.95. The number of aromatic nitrogens is 2. The van der Waals surface area contributed by atoms with Crippen molar-refractivity contribution in [2.45, 2.75) is 20.4 Å². The number of ether oxygens (including phenoxy) is 1. The molecule has 2 atom stereocenters. The van der Waals surface area contributed by atoms with Crippen molar-refractivity contribution in [2.75, 3.05) is 19.0 Å². The molecule has 0 bridgehead atoms. The van der Waals surface area contributed by atoms with E-state index in [0.29, 0.717) is 18.8 Å². The second-order valence-electron chi connectivity index (χ2n) is 5.59. The first-order chi connectivity index (χ1) is 9.37. The van der Waals surface area contributed by atoms with Crippen molar-refractivity contribution in [1.29, 1.82) is 0 Å². The maximum Gasteiger partial charge on any atom is 0.307 e. The van der Waals surface area contributed by atoms with Crippen LogP contribution in [0.5, 0.6) is 0 Å². The summed E-state index contributed by atoms with van der Waals surface area (Å²) in [5, 5.41) is 15.9. The maximum atomic E-state index is 12.1. The largest absolute Gasteiger partial charge is 0.481 e. The summed E-state index contributed by atoms with van der Waals surface area (Å²) < 4.78 is 6.60. The molecule has 0 spiro atoms. The average molecular weight is 281 g/mol. The van der Waals surface area contributed by atoms with Gasteiger partial charge >= 0.3 is 5.97 Å². The van der Waals surface area contributed by atoms with Crippen LogP contribution in [0.25, 0.3) is 0 Å².